The highest BCUT2D eigenvalue weighted by Crippen LogP contribution is 2.06. The van der Waals surface area contributed by atoms with Gasteiger partial charge in [0, 0.05) is 0 Å². The first-order valence-electron chi connectivity index (χ1n) is 4.95. The van der Waals surface area contributed by atoms with Crippen LogP contribution in [0.3, 0.4) is 0 Å². The Hall–Kier alpha value is -2.15. The summed E-state index contributed by atoms with van der Waals surface area (Å²) in [6.45, 7) is 0.452. The van der Waals surface area contributed by atoms with Gasteiger partial charge in [0.25, 0.3) is 0 Å². The molecule has 0 spiro atoms. The predicted octanol–water partition coefficient (Wildman–Crippen LogP) is 0.749. The highest BCUT2D eigenvalue weighted by molar-refractivity contribution is 5.69. The third kappa shape index (κ3) is 3.42. The predicted molar refractivity (Wildman–Crippen MR) is 54.8 cm³/mol. The summed E-state index contributed by atoms with van der Waals surface area (Å²) in [7, 11) is 0. The van der Waals surface area contributed by atoms with Gasteiger partial charge in [0.05, 0.1) is 32.0 Å². The Morgan fingerprint density at radius 3 is 2.06 bits per heavy atom. The fraction of sp³-hybridized carbons (Fsp3) is 0.300. The summed E-state index contributed by atoms with van der Waals surface area (Å²) in [4.78, 5) is 20.2. The molecular weight excluding hydrogens is 226 g/mol. The summed E-state index contributed by atoms with van der Waals surface area (Å²) in [5.41, 5.74) is 0. The van der Waals surface area contributed by atoms with Crippen molar-refractivity contribution in [2.45, 2.75) is 13.1 Å². The summed E-state index contributed by atoms with van der Waals surface area (Å²) in [6, 6.07) is 0. The normalized spacial score (nSPS) is 10.9. The van der Waals surface area contributed by atoms with E-state index in [1.165, 1.54) is 24.9 Å². The molecule has 0 aliphatic heterocycles. The Morgan fingerprint density at radius 1 is 1.18 bits per heavy atom. The van der Waals surface area contributed by atoms with E-state index in [0.717, 1.165) is 0 Å². The van der Waals surface area contributed by atoms with Gasteiger partial charge in [0.2, 0.25) is 11.8 Å². The van der Waals surface area contributed by atoms with Crippen LogP contribution < -0.4 is 0 Å². The van der Waals surface area contributed by atoms with E-state index in [2.05, 4.69) is 9.97 Å². The molecule has 2 rings (SSSR count). The summed E-state index contributed by atoms with van der Waals surface area (Å²) in [6.07, 6.45) is 5.91. The van der Waals surface area contributed by atoms with Gasteiger partial charge in [-0.1, -0.05) is 0 Å². The maximum absolute atomic E-state index is 10.7. The highest BCUT2D eigenvalue weighted by atomic mass is 16.4. The summed E-state index contributed by atoms with van der Waals surface area (Å²) >= 11 is 0. The number of rotatable bonds is 6. The van der Waals surface area contributed by atoms with Crippen LogP contribution in [-0.4, -0.2) is 32.5 Å². The zero-order valence-corrected chi connectivity index (χ0v) is 8.94. The molecule has 2 aromatic rings. The van der Waals surface area contributed by atoms with Crippen molar-refractivity contribution in [2.75, 3.05) is 6.54 Å². The van der Waals surface area contributed by atoms with Crippen molar-refractivity contribution in [2.24, 2.45) is 0 Å². The van der Waals surface area contributed by atoms with Crippen LogP contribution >= 0.6 is 0 Å². The number of carboxylic acids is 1. The van der Waals surface area contributed by atoms with E-state index in [1.54, 1.807) is 4.90 Å². The van der Waals surface area contributed by atoms with Crippen LogP contribution in [0, 0.1) is 0 Å². The van der Waals surface area contributed by atoms with Crippen molar-refractivity contribution < 1.29 is 18.7 Å². The van der Waals surface area contributed by atoms with Gasteiger partial charge >= 0.3 is 5.97 Å². The Kier molecular flexibility index (Phi) is 3.51. The Bertz CT molecular complexity index is 416. The van der Waals surface area contributed by atoms with Crippen LogP contribution in [-0.2, 0) is 17.9 Å². The lowest BCUT2D eigenvalue weighted by molar-refractivity contribution is -0.138. The number of hydrogen-bond donors (Lipinski definition) is 1. The van der Waals surface area contributed by atoms with E-state index < -0.39 is 5.97 Å². The van der Waals surface area contributed by atoms with E-state index in [4.69, 9.17) is 13.9 Å². The smallest absolute Gasteiger partial charge is 0.317 e. The first kappa shape index (κ1) is 11.3. The van der Waals surface area contributed by atoms with Gasteiger partial charge in [0.1, 0.15) is 12.5 Å². The third-order valence-electron chi connectivity index (χ3n) is 2.04. The standard InChI is InChI=1S/C10H11N3O4/c14-10(15)7-13(5-8-11-1-3-16-8)6-9-12-2-4-17-9/h1-4H,5-7H2,(H,14,15). The third-order valence-corrected chi connectivity index (χ3v) is 2.04. The first-order chi connectivity index (χ1) is 8.24. The average molecular weight is 237 g/mol. The summed E-state index contributed by atoms with van der Waals surface area (Å²) in [5.74, 6) is -0.0151. The number of aromatic nitrogens is 2. The minimum absolute atomic E-state index is 0.134. The van der Waals surface area contributed by atoms with Gasteiger partial charge in [-0.3, -0.25) is 9.69 Å². The quantitative estimate of drug-likeness (QED) is 0.792. The van der Waals surface area contributed by atoms with E-state index in [-0.39, 0.29) is 6.54 Å². The lowest BCUT2D eigenvalue weighted by atomic mass is 10.4. The number of aliphatic carboxylic acids is 1. The first-order valence-corrected chi connectivity index (χ1v) is 4.95. The number of oxazole rings is 2. The molecule has 0 saturated carbocycles. The van der Waals surface area contributed by atoms with Gasteiger partial charge in [-0.15, -0.1) is 0 Å². The molecule has 0 saturated heterocycles. The van der Waals surface area contributed by atoms with Gasteiger partial charge in [-0.2, -0.15) is 0 Å². The monoisotopic (exact) mass is 237 g/mol. The maximum Gasteiger partial charge on any atom is 0.317 e. The molecule has 2 aromatic heterocycles. The Balaban J connectivity index is 2.00. The summed E-state index contributed by atoms with van der Waals surface area (Å²) < 4.78 is 10.1. The van der Waals surface area contributed by atoms with Gasteiger partial charge in [-0.25, -0.2) is 9.97 Å². The zero-order chi connectivity index (χ0) is 12.1. The molecule has 7 heteroatoms. The van der Waals surface area contributed by atoms with Crippen molar-refractivity contribution in [3.8, 4) is 0 Å². The fourth-order valence-corrected chi connectivity index (χ4v) is 1.40. The molecule has 1 N–H and O–H groups in total. The number of nitrogens with zero attached hydrogens (tertiary/aromatic N) is 3. The van der Waals surface area contributed by atoms with Crippen LogP contribution in [0.5, 0.6) is 0 Å². The molecular formula is C10H11N3O4. The molecule has 7 nitrogen and oxygen atoms in total. The number of carbonyl (C=O) groups is 1. The molecule has 0 aliphatic rings. The van der Waals surface area contributed by atoms with Crippen LogP contribution in [0.25, 0.3) is 0 Å². The van der Waals surface area contributed by atoms with E-state index in [1.807, 2.05) is 0 Å². The summed E-state index contributed by atoms with van der Waals surface area (Å²) in [5, 5.41) is 8.80. The van der Waals surface area contributed by atoms with Gasteiger partial charge in [0.15, 0.2) is 0 Å². The molecule has 0 atom stereocenters. The fourth-order valence-electron chi connectivity index (χ4n) is 1.40. The molecule has 0 aromatic carbocycles. The molecule has 0 amide bonds. The number of hydrogen-bond acceptors (Lipinski definition) is 6. The van der Waals surface area contributed by atoms with Crippen molar-refractivity contribution in [3.63, 3.8) is 0 Å². The molecule has 0 unspecified atom stereocenters. The van der Waals surface area contributed by atoms with Crippen LogP contribution in [0.1, 0.15) is 11.8 Å². The zero-order valence-electron chi connectivity index (χ0n) is 8.94. The van der Waals surface area contributed by atoms with Crippen molar-refractivity contribution in [1.29, 1.82) is 0 Å². The second kappa shape index (κ2) is 5.26. The maximum atomic E-state index is 10.7. The largest absolute Gasteiger partial charge is 0.480 e. The minimum Gasteiger partial charge on any atom is -0.480 e. The van der Waals surface area contributed by atoms with Crippen LogP contribution in [0.15, 0.2) is 33.8 Å². The van der Waals surface area contributed by atoms with Crippen molar-refractivity contribution >= 4 is 5.97 Å². The number of carboxylic acid groups (broad SMARTS) is 1. The lowest BCUT2D eigenvalue weighted by Crippen LogP contribution is -2.29. The molecule has 2 heterocycles. The average Bonchev–Trinajstić information content (AvgIpc) is 2.89. The molecule has 0 fully saturated rings. The van der Waals surface area contributed by atoms with Crippen LogP contribution in [0.2, 0.25) is 0 Å². The molecule has 0 bridgehead atoms. The van der Waals surface area contributed by atoms with Gasteiger partial charge in [-0.05, 0) is 0 Å². The Morgan fingerprint density at radius 2 is 1.71 bits per heavy atom. The van der Waals surface area contributed by atoms with Crippen molar-refractivity contribution in [3.05, 3.63) is 36.7 Å². The van der Waals surface area contributed by atoms with Crippen molar-refractivity contribution in [1.82, 2.24) is 14.9 Å². The van der Waals surface area contributed by atoms with Gasteiger partial charge < -0.3 is 13.9 Å². The minimum atomic E-state index is -0.928. The molecule has 17 heavy (non-hydrogen) atoms. The van der Waals surface area contributed by atoms with E-state index in [9.17, 15) is 4.79 Å². The van der Waals surface area contributed by atoms with E-state index >= 15 is 0 Å². The molecule has 90 valence electrons. The Labute approximate surface area is 96.7 Å². The topological polar surface area (TPSA) is 92.6 Å². The molecule has 0 aliphatic carbocycles. The molecule has 0 radical (unpaired) electrons. The van der Waals surface area contributed by atoms with Crippen LogP contribution in [0.4, 0.5) is 0 Å². The van der Waals surface area contributed by atoms with E-state index in [0.29, 0.717) is 24.9 Å². The highest BCUT2D eigenvalue weighted by Gasteiger charge is 2.15. The second-order valence-corrected chi connectivity index (χ2v) is 3.39. The second-order valence-electron chi connectivity index (χ2n) is 3.39. The lowest BCUT2D eigenvalue weighted by Gasteiger charge is -2.15. The SMILES string of the molecule is O=C(O)CN(Cc1ncco1)Cc1ncco1.